The molecule has 2 N–H and O–H groups in total. The lowest BCUT2D eigenvalue weighted by Gasteiger charge is -2.09. The van der Waals surface area contributed by atoms with Crippen molar-refractivity contribution >= 4 is 5.97 Å². The summed E-state index contributed by atoms with van der Waals surface area (Å²) in [7, 11) is 0. The van der Waals surface area contributed by atoms with E-state index in [-0.39, 0.29) is 17.9 Å². The summed E-state index contributed by atoms with van der Waals surface area (Å²) in [6.45, 7) is 0. The molecule has 0 atom stereocenters. The van der Waals surface area contributed by atoms with E-state index in [4.69, 9.17) is 0 Å². The van der Waals surface area contributed by atoms with Crippen molar-refractivity contribution in [3.63, 3.8) is 0 Å². The van der Waals surface area contributed by atoms with Crippen molar-refractivity contribution in [1.82, 2.24) is 0 Å². The predicted molar refractivity (Wildman–Crippen MR) is 70.0 cm³/mol. The lowest BCUT2D eigenvalue weighted by Crippen LogP contribution is -2.14. The number of esters is 1. The highest BCUT2D eigenvalue weighted by Crippen LogP contribution is 2.29. The van der Waals surface area contributed by atoms with Crippen molar-refractivity contribution in [1.29, 1.82) is 0 Å². The Balaban J connectivity index is 2.13. The topological polar surface area (TPSA) is 66.8 Å². The smallest absolute Gasteiger partial charge is 0.311 e. The molecule has 2 rings (SSSR count). The molecular weight excluding hydrogens is 339 g/mol. The van der Waals surface area contributed by atoms with Crippen molar-refractivity contribution in [3.05, 3.63) is 52.8 Å². The molecule has 0 heterocycles. The number of halogens is 5. The van der Waals surface area contributed by atoms with Crippen LogP contribution in [0.4, 0.5) is 22.0 Å². The van der Waals surface area contributed by atoms with Gasteiger partial charge in [0.15, 0.2) is 0 Å². The monoisotopic (exact) mass is 348 g/mol. The summed E-state index contributed by atoms with van der Waals surface area (Å²) >= 11 is 0. The Morgan fingerprint density at radius 2 is 1.29 bits per heavy atom. The van der Waals surface area contributed by atoms with Gasteiger partial charge in [-0.2, -0.15) is 8.78 Å². The number of rotatable bonds is 4. The molecule has 4 nitrogen and oxygen atoms in total. The highest BCUT2D eigenvalue weighted by molar-refractivity contribution is 5.72. The van der Waals surface area contributed by atoms with Gasteiger partial charge in [0, 0.05) is 12.5 Å². The second kappa shape index (κ2) is 6.73. The summed E-state index contributed by atoms with van der Waals surface area (Å²) < 4.78 is 69.8. The highest BCUT2D eigenvalue weighted by atomic mass is 19.2. The molecule has 0 spiro atoms. The van der Waals surface area contributed by atoms with E-state index in [1.165, 1.54) is 12.1 Å². The Labute approximate surface area is 131 Å². The SMILES string of the molecule is O=C(CCc1cc(O)cc(O)c1)Oc1c(F)c(F)c(F)c(F)c1F. The lowest BCUT2D eigenvalue weighted by molar-refractivity contribution is -0.134. The summed E-state index contributed by atoms with van der Waals surface area (Å²) in [5.41, 5.74) is 0.293. The van der Waals surface area contributed by atoms with Crippen molar-refractivity contribution in [3.8, 4) is 17.2 Å². The van der Waals surface area contributed by atoms with Crippen LogP contribution in [0.3, 0.4) is 0 Å². The minimum atomic E-state index is -2.36. The standard InChI is InChI=1S/C15H9F5O4/c16-10-11(17)13(19)15(14(20)12(10)18)24-9(23)2-1-6-3-7(21)5-8(22)4-6/h3-5,21-22H,1-2H2. The van der Waals surface area contributed by atoms with Crippen LogP contribution < -0.4 is 4.74 Å². The van der Waals surface area contributed by atoms with Crippen LogP contribution in [0.2, 0.25) is 0 Å². The van der Waals surface area contributed by atoms with Crippen LogP contribution in [0.15, 0.2) is 18.2 Å². The second-order valence-electron chi connectivity index (χ2n) is 4.73. The molecule has 0 aliphatic carbocycles. The van der Waals surface area contributed by atoms with Crippen molar-refractivity contribution < 1.29 is 41.7 Å². The van der Waals surface area contributed by atoms with Crippen LogP contribution in [0, 0.1) is 29.1 Å². The number of ether oxygens (including phenoxy) is 1. The summed E-state index contributed by atoms with van der Waals surface area (Å²) in [4.78, 5) is 11.5. The first kappa shape index (κ1) is 17.5. The number of benzene rings is 2. The first-order chi connectivity index (χ1) is 11.2. The number of hydrogen-bond acceptors (Lipinski definition) is 4. The molecule has 0 unspecified atom stereocenters. The van der Waals surface area contributed by atoms with Gasteiger partial charge in [0.2, 0.25) is 34.8 Å². The van der Waals surface area contributed by atoms with Crippen LogP contribution in [0.25, 0.3) is 0 Å². The first-order valence-corrected chi connectivity index (χ1v) is 6.44. The molecule has 9 heteroatoms. The molecule has 128 valence electrons. The molecule has 0 amide bonds. The van der Waals surface area contributed by atoms with Gasteiger partial charge in [0.1, 0.15) is 11.5 Å². The zero-order valence-corrected chi connectivity index (χ0v) is 11.7. The maximum Gasteiger partial charge on any atom is 0.311 e. The van der Waals surface area contributed by atoms with E-state index in [0.29, 0.717) is 5.56 Å². The third kappa shape index (κ3) is 3.55. The summed E-state index contributed by atoms with van der Waals surface area (Å²) in [5.74, 6) is -14.8. The Morgan fingerprint density at radius 1 is 0.833 bits per heavy atom. The fourth-order valence-corrected chi connectivity index (χ4v) is 1.89. The average molecular weight is 348 g/mol. The van der Waals surface area contributed by atoms with Gasteiger partial charge in [-0.05, 0) is 24.1 Å². The van der Waals surface area contributed by atoms with E-state index in [1.807, 2.05) is 0 Å². The van der Waals surface area contributed by atoms with Gasteiger partial charge < -0.3 is 14.9 Å². The van der Waals surface area contributed by atoms with E-state index in [0.717, 1.165) is 6.07 Å². The van der Waals surface area contributed by atoms with Crippen LogP contribution in [0.1, 0.15) is 12.0 Å². The van der Waals surface area contributed by atoms with Gasteiger partial charge in [0.25, 0.3) is 0 Å². The fraction of sp³-hybridized carbons (Fsp3) is 0.133. The molecule has 24 heavy (non-hydrogen) atoms. The van der Waals surface area contributed by atoms with E-state index < -0.39 is 47.2 Å². The van der Waals surface area contributed by atoms with Gasteiger partial charge in [-0.1, -0.05) is 0 Å². The normalized spacial score (nSPS) is 10.7. The molecule has 0 aliphatic heterocycles. The Morgan fingerprint density at radius 3 is 1.79 bits per heavy atom. The summed E-state index contributed by atoms with van der Waals surface area (Å²) in [6, 6.07) is 3.47. The molecule has 0 fully saturated rings. The largest absolute Gasteiger partial charge is 0.508 e. The molecule has 0 saturated heterocycles. The quantitative estimate of drug-likeness (QED) is 0.292. The first-order valence-electron chi connectivity index (χ1n) is 6.44. The van der Waals surface area contributed by atoms with Crippen LogP contribution in [0.5, 0.6) is 17.2 Å². The molecule has 0 bridgehead atoms. The van der Waals surface area contributed by atoms with Crippen LogP contribution in [-0.2, 0) is 11.2 Å². The lowest BCUT2D eigenvalue weighted by atomic mass is 10.1. The molecule has 2 aromatic rings. The zero-order valence-electron chi connectivity index (χ0n) is 11.7. The van der Waals surface area contributed by atoms with Gasteiger partial charge in [0.05, 0.1) is 0 Å². The van der Waals surface area contributed by atoms with Crippen molar-refractivity contribution in [2.45, 2.75) is 12.8 Å². The number of aryl methyl sites for hydroxylation is 1. The minimum Gasteiger partial charge on any atom is -0.508 e. The second-order valence-corrected chi connectivity index (χ2v) is 4.73. The summed E-state index contributed by atoms with van der Waals surface area (Å²) in [6.07, 6.45) is -0.613. The fourth-order valence-electron chi connectivity index (χ4n) is 1.89. The maximum atomic E-state index is 13.4. The van der Waals surface area contributed by atoms with E-state index >= 15 is 0 Å². The van der Waals surface area contributed by atoms with Crippen LogP contribution >= 0.6 is 0 Å². The van der Waals surface area contributed by atoms with Gasteiger partial charge in [-0.3, -0.25) is 4.79 Å². The maximum absolute atomic E-state index is 13.4. The zero-order chi connectivity index (χ0) is 18.0. The summed E-state index contributed by atoms with van der Waals surface area (Å²) in [5, 5.41) is 18.5. The molecule has 0 aliphatic rings. The number of phenolic OH excluding ortho intramolecular Hbond substituents is 2. The van der Waals surface area contributed by atoms with Crippen molar-refractivity contribution in [2.75, 3.05) is 0 Å². The number of hydrogen-bond donors (Lipinski definition) is 2. The number of aromatic hydroxyl groups is 2. The predicted octanol–water partition coefficient (Wildman–Crippen LogP) is 3.33. The number of carbonyl (C=O) groups excluding carboxylic acids is 1. The molecular formula is C15H9F5O4. The van der Waals surface area contributed by atoms with Gasteiger partial charge in [-0.25, -0.2) is 13.2 Å². The van der Waals surface area contributed by atoms with Gasteiger partial charge >= 0.3 is 5.97 Å². The third-order valence-corrected chi connectivity index (χ3v) is 2.97. The minimum absolute atomic E-state index is 0.115. The van der Waals surface area contributed by atoms with Crippen molar-refractivity contribution in [2.24, 2.45) is 0 Å². The van der Waals surface area contributed by atoms with Gasteiger partial charge in [-0.15, -0.1) is 0 Å². The Bertz CT molecular complexity index is 758. The Hall–Kier alpha value is -2.84. The Kier molecular flexibility index (Phi) is 4.91. The molecule has 0 aromatic heterocycles. The number of carbonyl (C=O) groups is 1. The van der Waals surface area contributed by atoms with E-state index in [9.17, 15) is 37.0 Å². The molecule has 2 aromatic carbocycles. The molecule has 0 saturated carbocycles. The third-order valence-electron chi connectivity index (χ3n) is 2.97. The van der Waals surface area contributed by atoms with E-state index in [2.05, 4.69) is 4.74 Å². The average Bonchev–Trinajstić information content (AvgIpc) is 2.52. The highest BCUT2D eigenvalue weighted by Gasteiger charge is 2.28. The molecule has 0 radical (unpaired) electrons. The van der Waals surface area contributed by atoms with E-state index in [1.54, 1.807) is 0 Å². The number of phenols is 2. The van der Waals surface area contributed by atoms with Crippen LogP contribution in [-0.4, -0.2) is 16.2 Å².